The van der Waals surface area contributed by atoms with Crippen LogP contribution in [0.25, 0.3) is 11.3 Å². The summed E-state index contributed by atoms with van der Waals surface area (Å²) in [5.74, 6) is -0.254. The van der Waals surface area contributed by atoms with Crippen LogP contribution in [0, 0.1) is 11.3 Å². The topological polar surface area (TPSA) is 110 Å². The molecule has 1 aliphatic carbocycles. The van der Waals surface area contributed by atoms with Crippen LogP contribution in [0.15, 0.2) is 12.4 Å². The first-order valence-corrected chi connectivity index (χ1v) is 11.1. The summed E-state index contributed by atoms with van der Waals surface area (Å²) in [5, 5.41) is 15.7. The van der Waals surface area contributed by atoms with Gasteiger partial charge >= 0.3 is 6.18 Å². The molecule has 5 rings (SSSR count). The third-order valence-corrected chi connectivity index (χ3v) is 6.84. The standard InChI is InChI=1S/C22H24F3N7O/c23-22(24,25)16-12-28-20(30-13-3-4-21(5-6-21)29-10-13)31-17(16)15-11-27-18-14(15)2-1-8-32(9-7-26)19(18)33/h11-13,27,29H,1-6,8-10H2,(H,28,30,31). The number of amides is 1. The molecule has 0 aromatic carbocycles. The van der Waals surface area contributed by atoms with Crippen LogP contribution in [0.2, 0.25) is 0 Å². The van der Waals surface area contributed by atoms with Crippen molar-refractivity contribution < 1.29 is 18.0 Å². The van der Waals surface area contributed by atoms with Crippen molar-refractivity contribution in [1.29, 1.82) is 5.26 Å². The number of halogens is 3. The predicted molar refractivity (Wildman–Crippen MR) is 113 cm³/mol. The second kappa shape index (κ2) is 8.02. The number of hydrogen-bond acceptors (Lipinski definition) is 6. The molecule has 1 amide bonds. The number of nitriles is 1. The Labute approximate surface area is 188 Å². The maximum Gasteiger partial charge on any atom is 0.419 e. The number of aromatic nitrogens is 3. The highest BCUT2D eigenvalue weighted by molar-refractivity contribution is 5.96. The number of alkyl halides is 3. The molecule has 1 saturated carbocycles. The van der Waals surface area contributed by atoms with E-state index in [2.05, 4.69) is 25.6 Å². The van der Waals surface area contributed by atoms with E-state index < -0.39 is 17.6 Å². The SMILES string of the molecule is N#CCN1CCCc2c(-c3nc(NC4CCC5(CC5)NC4)ncc3C(F)(F)F)c[nH]c2C1=O. The van der Waals surface area contributed by atoms with Gasteiger partial charge in [-0.2, -0.15) is 18.4 Å². The van der Waals surface area contributed by atoms with Gasteiger partial charge in [0, 0.05) is 42.6 Å². The Morgan fingerprint density at radius 2 is 2.15 bits per heavy atom. The fourth-order valence-electron chi connectivity index (χ4n) is 4.79. The quantitative estimate of drug-likeness (QED) is 0.606. The van der Waals surface area contributed by atoms with Crippen molar-refractivity contribution in [3.05, 3.63) is 29.2 Å². The number of anilines is 1. The third kappa shape index (κ3) is 4.15. The lowest BCUT2D eigenvalue weighted by Crippen LogP contribution is -2.46. The van der Waals surface area contributed by atoms with Gasteiger partial charge in [0.2, 0.25) is 5.95 Å². The predicted octanol–water partition coefficient (Wildman–Crippen LogP) is 3.10. The highest BCUT2D eigenvalue weighted by Crippen LogP contribution is 2.42. The number of nitrogens with one attached hydrogen (secondary N) is 3. The fraction of sp³-hybridized carbons (Fsp3) is 0.545. The molecular formula is C22H24F3N7O. The maximum absolute atomic E-state index is 13.8. The van der Waals surface area contributed by atoms with E-state index in [0.29, 0.717) is 31.5 Å². The van der Waals surface area contributed by atoms with Gasteiger partial charge in [-0.15, -0.1) is 0 Å². The van der Waals surface area contributed by atoms with E-state index in [0.717, 1.165) is 19.0 Å². The summed E-state index contributed by atoms with van der Waals surface area (Å²) in [5.41, 5.74) is 0.0176. The highest BCUT2D eigenvalue weighted by Gasteiger charge is 2.45. The van der Waals surface area contributed by atoms with E-state index in [1.165, 1.54) is 23.9 Å². The Kier molecular flexibility index (Phi) is 5.28. The first-order chi connectivity index (χ1) is 15.8. The Hall–Kier alpha value is -3.13. The van der Waals surface area contributed by atoms with Crippen LogP contribution in [-0.4, -0.2) is 57.0 Å². The van der Waals surface area contributed by atoms with Gasteiger partial charge in [0.15, 0.2) is 0 Å². The summed E-state index contributed by atoms with van der Waals surface area (Å²) in [6.07, 6.45) is 2.76. The van der Waals surface area contributed by atoms with Crippen LogP contribution in [0.3, 0.4) is 0 Å². The fourth-order valence-corrected chi connectivity index (χ4v) is 4.79. The molecule has 2 aliphatic heterocycles. The van der Waals surface area contributed by atoms with Gasteiger partial charge in [0.25, 0.3) is 5.91 Å². The monoisotopic (exact) mass is 459 g/mol. The molecule has 2 fully saturated rings. The normalized spacial score (nSPS) is 21.9. The second-order valence-corrected chi connectivity index (χ2v) is 9.04. The van der Waals surface area contributed by atoms with Crippen LogP contribution >= 0.6 is 0 Å². The van der Waals surface area contributed by atoms with Gasteiger partial charge < -0.3 is 20.5 Å². The number of nitrogens with zero attached hydrogens (tertiary/aromatic N) is 4. The molecule has 33 heavy (non-hydrogen) atoms. The molecule has 2 aromatic rings. The van der Waals surface area contributed by atoms with E-state index in [4.69, 9.17) is 5.26 Å². The third-order valence-electron chi connectivity index (χ3n) is 6.84. The summed E-state index contributed by atoms with van der Waals surface area (Å²) >= 11 is 0. The van der Waals surface area contributed by atoms with Crippen molar-refractivity contribution in [2.75, 3.05) is 25.0 Å². The number of rotatable bonds is 4. The average molecular weight is 459 g/mol. The number of aromatic amines is 1. The number of piperidine rings is 1. The zero-order valence-corrected chi connectivity index (χ0v) is 17.9. The molecule has 1 unspecified atom stereocenters. The molecule has 11 heteroatoms. The zero-order valence-electron chi connectivity index (χ0n) is 17.9. The molecule has 4 heterocycles. The molecule has 0 radical (unpaired) electrons. The van der Waals surface area contributed by atoms with Gasteiger partial charge in [0.05, 0.1) is 11.8 Å². The van der Waals surface area contributed by atoms with Crippen LogP contribution in [0.1, 0.15) is 53.7 Å². The summed E-state index contributed by atoms with van der Waals surface area (Å²) in [6, 6.07) is 1.99. The molecule has 3 N–H and O–H groups in total. The maximum atomic E-state index is 13.8. The van der Waals surface area contributed by atoms with E-state index in [-0.39, 0.29) is 41.0 Å². The molecule has 2 aromatic heterocycles. The molecule has 0 bridgehead atoms. The van der Waals surface area contributed by atoms with Crippen molar-refractivity contribution in [3.63, 3.8) is 0 Å². The van der Waals surface area contributed by atoms with Crippen molar-refractivity contribution in [1.82, 2.24) is 25.2 Å². The first-order valence-electron chi connectivity index (χ1n) is 11.1. The van der Waals surface area contributed by atoms with E-state index in [1.807, 2.05) is 6.07 Å². The minimum atomic E-state index is -4.65. The molecule has 1 atom stereocenters. The van der Waals surface area contributed by atoms with Crippen molar-refractivity contribution in [2.24, 2.45) is 0 Å². The van der Waals surface area contributed by atoms with Gasteiger partial charge in [-0.1, -0.05) is 0 Å². The van der Waals surface area contributed by atoms with Crippen molar-refractivity contribution in [3.8, 4) is 17.3 Å². The van der Waals surface area contributed by atoms with E-state index in [1.54, 1.807) is 0 Å². The van der Waals surface area contributed by atoms with Crippen molar-refractivity contribution >= 4 is 11.9 Å². The number of fused-ring (bicyclic) bond motifs is 1. The van der Waals surface area contributed by atoms with Crippen LogP contribution in [0.4, 0.5) is 19.1 Å². The van der Waals surface area contributed by atoms with Gasteiger partial charge in [-0.05, 0) is 44.1 Å². The lowest BCUT2D eigenvalue weighted by Gasteiger charge is -2.30. The molecule has 8 nitrogen and oxygen atoms in total. The highest BCUT2D eigenvalue weighted by atomic mass is 19.4. The van der Waals surface area contributed by atoms with Gasteiger partial charge in [-0.25, -0.2) is 9.97 Å². The molecule has 1 saturated heterocycles. The molecular weight excluding hydrogens is 435 g/mol. The van der Waals surface area contributed by atoms with Crippen LogP contribution in [-0.2, 0) is 12.6 Å². The summed E-state index contributed by atoms with van der Waals surface area (Å²) in [4.78, 5) is 25.3. The minimum Gasteiger partial charge on any atom is -0.356 e. The smallest absolute Gasteiger partial charge is 0.356 e. The lowest BCUT2D eigenvalue weighted by atomic mass is 9.99. The Bertz CT molecular complexity index is 1110. The van der Waals surface area contributed by atoms with Crippen molar-refractivity contribution in [2.45, 2.75) is 56.3 Å². The number of H-pyrrole nitrogens is 1. The summed E-state index contributed by atoms with van der Waals surface area (Å²) < 4.78 is 41.5. The average Bonchev–Trinajstić information content (AvgIpc) is 3.44. The Morgan fingerprint density at radius 3 is 2.82 bits per heavy atom. The lowest BCUT2D eigenvalue weighted by molar-refractivity contribution is -0.137. The number of hydrogen-bond donors (Lipinski definition) is 3. The molecule has 174 valence electrons. The zero-order chi connectivity index (χ0) is 23.2. The minimum absolute atomic E-state index is 0.0327. The molecule has 1 spiro atoms. The number of carbonyl (C=O) groups is 1. The second-order valence-electron chi connectivity index (χ2n) is 9.04. The number of carbonyl (C=O) groups excluding carboxylic acids is 1. The Morgan fingerprint density at radius 1 is 1.33 bits per heavy atom. The first kappa shape index (κ1) is 21.7. The van der Waals surface area contributed by atoms with E-state index >= 15 is 0 Å². The summed E-state index contributed by atoms with van der Waals surface area (Å²) in [7, 11) is 0. The van der Waals surface area contributed by atoms with Gasteiger partial charge in [-0.3, -0.25) is 4.79 Å². The van der Waals surface area contributed by atoms with Crippen LogP contribution < -0.4 is 10.6 Å². The van der Waals surface area contributed by atoms with Gasteiger partial charge in [0.1, 0.15) is 17.8 Å². The Balaban J connectivity index is 1.48. The van der Waals surface area contributed by atoms with Crippen LogP contribution in [0.5, 0.6) is 0 Å². The summed E-state index contributed by atoms with van der Waals surface area (Å²) in [6.45, 7) is 1.01. The van der Waals surface area contributed by atoms with E-state index in [9.17, 15) is 18.0 Å². The largest absolute Gasteiger partial charge is 0.419 e. The molecule has 3 aliphatic rings.